The maximum Gasteiger partial charge on any atom is 0.525 e. The summed E-state index contributed by atoms with van der Waals surface area (Å²) in [7, 11) is -2.39. The van der Waals surface area contributed by atoms with Crippen molar-refractivity contribution in [2.75, 3.05) is 0 Å². The van der Waals surface area contributed by atoms with Gasteiger partial charge in [-0.2, -0.15) is 0 Å². The summed E-state index contributed by atoms with van der Waals surface area (Å²) in [5.41, 5.74) is 9.44. The normalized spacial score (nSPS) is 10.2. The van der Waals surface area contributed by atoms with Crippen LogP contribution < -0.4 is 14.6 Å². The number of azide groups is 1. The molecule has 0 spiro atoms. The zero-order chi connectivity index (χ0) is 23.7. The highest BCUT2D eigenvalue weighted by Gasteiger charge is 2.26. The summed E-state index contributed by atoms with van der Waals surface area (Å²) in [5.74, 6) is -0.577. The van der Waals surface area contributed by atoms with Crippen LogP contribution in [0.1, 0.15) is 21.6 Å². The Hall–Kier alpha value is -4.00. The third-order valence-electron chi connectivity index (χ3n) is 4.28. The van der Waals surface area contributed by atoms with Crippen LogP contribution in [-0.4, -0.2) is 15.6 Å². The predicted molar refractivity (Wildman–Crippen MR) is 119 cm³/mol. The fourth-order valence-electron chi connectivity index (χ4n) is 2.47. The van der Waals surface area contributed by atoms with Gasteiger partial charge in [-0.25, -0.2) is 9.36 Å². The molecule has 0 aliphatic rings. The van der Waals surface area contributed by atoms with Crippen LogP contribution in [0.3, 0.4) is 0 Å². The van der Waals surface area contributed by atoms with Crippen molar-refractivity contribution in [2.45, 2.75) is 13.8 Å². The van der Waals surface area contributed by atoms with Crippen LogP contribution in [-0.2, 0) is 11.6 Å². The number of aromatic carboxylic acids is 1. The fourth-order valence-corrected chi connectivity index (χ4v) is 3.45. The summed E-state index contributed by atoms with van der Waals surface area (Å²) in [6, 6.07) is 18.2. The molecule has 166 valence electrons. The van der Waals surface area contributed by atoms with E-state index in [-0.39, 0.29) is 5.56 Å². The van der Waals surface area contributed by atoms with Gasteiger partial charge in [0.05, 0.1) is 0 Å². The van der Waals surface area contributed by atoms with Gasteiger partial charge >= 0.3 is 13.7 Å². The number of carbonyl (C=O) groups is 1. The van der Waals surface area contributed by atoms with Crippen LogP contribution in [0.15, 0.2) is 76.4 Å². The number of rotatable bonds is 6. The molecule has 2 aromatic carbocycles. The van der Waals surface area contributed by atoms with E-state index in [1.54, 1.807) is 81.6 Å². The van der Waals surface area contributed by atoms with Gasteiger partial charge in [0, 0.05) is 22.5 Å². The second-order valence-electron chi connectivity index (χ2n) is 6.45. The van der Waals surface area contributed by atoms with E-state index in [1.807, 2.05) is 0 Å². The molecule has 0 aliphatic heterocycles. The number of pyridine rings is 1. The molecular weight excluding hydrogens is 435 g/mol. The summed E-state index contributed by atoms with van der Waals surface area (Å²) >= 11 is 0. The summed E-state index contributed by atoms with van der Waals surface area (Å²) < 4.78 is 24.0. The molecule has 3 rings (SSSR count). The number of benzene rings is 2. The van der Waals surface area contributed by atoms with E-state index in [2.05, 4.69) is 9.80 Å². The molecule has 0 unspecified atom stereocenters. The predicted octanol–water partition coefficient (Wildman–Crippen LogP) is 5.26. The molecule has 10 nitrogen and oxygen atoms in total. The number of hydrogen-bond donors (Lipinski definition) is 1. The van der Waals surface area contributed by atoms with E-state index in [0.29, 0.717) is 11.5 Å². The van der Waals surface area contributed by atoms with Gasteiger partial charge in [0.15, 0.2) is 0 Å². The lowest BCUT2D eigenvalue weighted by Gasteiger charge is -2.14. The first-order valence-corrected chi connectivity index (χ1v) is 10.7. The standard InChI is InChI=1S/C12H10N3O3P.C9H11NO3/c13-14-15-19(16,17-11-7-3-1-4-8-11)18-12-9-5-2-6-10-12;1-5-4-7(9(12)13)8(11)10(3)6(5)2/h1-10H;4H,1-3H3,(H,12,13). The van der Waals surface area contributed by atoms with Crippen LogP contribution in [0.25, 0.3) is 10.4 Å². The second kappa shape index (κ2) is 10.9. The molecule has 11 heteroatoms. The zero-order valence-corrected chi connectivity index (χ0v) is 18.5. The lowest BCUT2D eigenvalue weighted by atomic mass is 10.1. The Morgan fingerprint density at radius 2 is 1.50 bits per heavy atom. The number of para-hydroxylation sites is 2. The highest BCUT2D eigenvalue weighted by molar-refractivity contribution is 7.53. The third-order valence-corrected chi connectivity index (χ3v) is 5.46. The molecule has 0 saturated carbocycles. The average Bonchev–Trinajstić information content (AvgIpc) is 2.76. The molecule has 0 fully saturated rings. The number of nitrogens with zero attached hydrogens (tertiary/aromatic N) is 4. The topological polar surface area (TPSA) is 144 Å². The van der Waals surface area contributed by atoms with Gasteiger partial charge in [0.1, 0.15) is 17.1 Å². The largest absolute Gasteiger partial charge is 0.525 e. The van der Waals surface area contributed by atoms with Crippen molar-refractivity contribution in [3.05, 3.63) is 104 Å². The Morgan fingerprint density at radius 1 is 1.03 bits per heavy atom. The lowest BCUT2D eigenvalue weighted by Crippen LogP contribution is -2.26. The first-order valence-electron chi connectivity index (χ1n) is 9.23. The Bertz CT molecular complexity index is 1190. The number of hydrogen-bond acceptors (Lipinski definition) is 5. The van der Waals surface area contributed by atoms with Crippen LogP contribution in [0.2, 0.25) is 0 Å². The molecule has 0 amide bonds. The van der Waals surface area contributed by atoms with E-state index in [0.717, 1.165) is 11.3 Å². The Balaban J connectivity index is 0.000000244. The van der Waals surface area contributed by atoms with Crippen molar-refractivity contribution in [2.24, 2.45) is 11.9 Å². The number of aryl methyl sites for hydroxylation is 1. The fraction of sp³-hybridized carbons (Fsp3) is 0.143. The van der Waals surface area contributed by atoms with Crippen molar-refractivity contribution in [1.82, 2.24) is 4.57 Å². The van der Waals surface area contributed by atoms with Crippen LogP contribution >= 0.6 is 7.75 Å². The summed E-state index contributed by atoms with van der Waals surface area (Å²) in [5, 5.41) is 8.69. The number of carboxylic acid groups (broad SMARTS) is 1. The van der Waals surface area contributed by atoms with Crippen LogP contribution in [0.5, 0.6) is 11.5 Å². The quantitative estimate of drug-likeness (QED) is 0.232. The van der Waals surface area contributed by atoms with E-state index in [9.17, 15) is 14.2 Å². The Morgan fingerprint density at radius 3 is 1.91 bits per heavy atom. The molecule has 1 aromatic heterocycles. The van der Waals surface area contributed by atoms with E-state index < -0.39 is 19.3 Å². The SMILES string of the molecule is Cc1cc(C(=O)O)c(=O)n(C)c1C.[N-]=[N+]=NP(=O)(Oc1ccccc1)Oc1ccccc1. The van der Waals surface area contributed by atoms with Crippen molar-refractivity contribution >= 4 is 13.7 Å². The molecule has 0 radical (unpaired) electrons. The van der Waals surface area contributed by atoms with Gasteiger partial charge in [-0.1, -0.05) is 36.4 Å². The summed E-state index contributed by atoms with van der Waals surface area (Å²) in [6.45, 7) is 3.56. The molecular formula is C21H21N4O6P. The first-order chi connectivity index (χ1) is 15.2. The minimum absolute atomic E-state index is 0.175. The Labute approximate surface area is 183 Å². The molecule has 0 atom stereocenters. The van der Waals surface area contributed by atoms with E-state index in [1.165, 1.54) is 10.6 Å². The Kier molecular flexibility index (Phi) is 8.24. The van der Waals surface area contributed by atoms with Crippen LogP contribution in [0, 0.1) is 13.8 Å². The number of carboxylic acids is 1. The summed E-state index contributed by atoms with van der Waals surface area (Å²) in [6.07, 6.45) is 0. The smallest absolute Gasteiger partial charge is 0.477 e. The van der Waals surface area contributed by atoms with Crippen molar-refractivity contribution in [3.8, 4) is 11.5 Å². The van der Waals surface area contributed by atoms with Gasteiger partial charge in [-0.3, -0.25) is 4.79 Å². The third kappa shape index (κ3) is 6.50. The van der Waals surface area contributed by atoms with Crippen molar-refractivity contribution < 1.29 is 23.5 Å². The van der Waals surface area contributed by atoms with Gasteiger partial charge < -0.3 is 18.7 Å². The van der Waals surface area contributed by atoms with Crippen LogP contribution in [0.4, 0.5) is 0 Å². The molecule has 1 heterocycles. The monoisotopic (exact) mass is 456 g/mol. The molecule has 0 aliphatic carbocycles. The van der Waals surface area contributed by atoms with Gasteiger partial charge in [-0.15, -0.1) is 0 Å². The van der Waals surface area contributed by atoms with Gasteiger partial charge in [-0.05, 0) is 55.3 Å². The molecule has 3 aromatic rings. The second-order valence-corrected chi connectivity index (χ2v) is 7.93. The molecule has 0 saturated heterocycles. The van der Waals surface area contributed by atoms with Crippen molar-refractivity contribution in [1.29, 1.82) is 0 Å². The summed E-state index contributed by atoms with van der Waals surface area (Å²) in [4.78, 5) is 27.6. The molecule has 32 heavy (non-hydrogen) atoms. The maximum atomic E-state index is 12.3. The highest BCUT2D eigenvalue weighted by atomic mass is 31.2. The average molecular weight is 456 g/mol. The zero-order valence-electron chi connectivity index (χ0n) is 17.6. The van der Waals surface area contributed by atoms with Crippen molar-refractivity contribution in [3.63, 3.8) is 0 Å². The maximum absolute atomic E-state index is 12.3. The number of aromatic nitrogens is 1. The first kappa shape index (κ1) is 24.3. The minimum Gasteiger partial charge on any atom is -0.477 e. The highest BCUT2D eigenvalue weighted by Crippen LogP contribution is 2.49. The van der Waals surface area contributed by atoms with E-state index in [4.69, 9.17) is 19.7 Å². The lowest BCUT2D eigenvalue weighted by molar-refractivity contribution is 0.0694. The molecule has 0 bridgehead atoms. The molecule has 1 N–H and O–H groups in total. The van der Waals surface area contributed by atoms with E-state index >= 15 is 0 Å². The minimum atomic E-state index is -3.95. The van der Waals surface area contributed by atoms with Gasteiger partial charge in [0.2, 0.25) is 0 Å². The van der Waals surface area contributed by atoms with Gasteiger partial charge in [0.25, 0.3) is 5.56 Å².